The maximum Gasteiger partial charge on any atom is 0.254 e. The standard InChI is InChI=1S/C24H35N5O/c1-7-18-19-14-28(12-13-29(19)22(26-18)17-8-9-17)23(30)20(15(2)3)16(4)21(25-6)27-24(5)10-11-24/h17,27H,6-14H2,1-5H3/b21-16-. The highest BCUT2D eigenvalue weighted by Gasteiger charge is 2.39. The van der Waals surface area contributed by atoms with E-state index in [2.05, 4.69) is 35.4 Å². The average Bonchev–Trinajstić information content (AvgIpc) is 3.65. The number of rotatable bonds is 7. The number of nitrogens with one attached hydrogen (secondary N) is 1. The molecule has 1 amide bonds. The van der Waals surface area contributed by atoms with Crippen LogP contribution in [0.15, 0.2) is 27.5 Å². The van der Waals surface area contributed by atoms with Gasteiger partial charge in [0.1, 0.15) is 11.6 Å². The SMILES string of the molecule is C=N/C(NC1(C)CC1)=C(\C)C(C(=O)N1CCn2c(C3CC3)nc(CC)c2C1)=C(C)C. The Morgan fingerprint density at radius 3 is 2.50 bits per heavy atom. The summed E-state index contributed by atoms with van der Waals surface area (Å²) in [5.41, 5.74) is 5.10. The monoisotopic (exact) mass is 409 g/mol. The number of allylic oxidation sites excluding steroid dienone is 1. The maximum absolute atomic E-state index is 13.7. The van der Waals surface area contributed by atoms with Crippen LogP contribution in [0.1, 0.15) is 83.4 Å². The molecule has 2 aliphatic carbocycles. The van der Waals surface area contributed by atoms with Crippen LogP contribution in [0.2, 0.25) is 0 Å². The zero-order valence-corrected chi connectivity index (χ0v) is 19.1. The number of carbonyl (C=O) groups excluding carboxylic acids is 1. The predicted octanol–water partition coefficient (Wildman–Crippen LogP) is 4.08. The summed E-state index contributed by atoms with van der Waals surface area (Å²) < 4.78 is 2.39. The van der Waals surface area contributed by atoms with E-state index in [1.54, 1.807) is 0 Å². The maximum atomic E-state index is 13.7. The number of carbonyl (C=O) groups is 1. The third-order valence-corrected chi connectivity index (χ3v) is 6.71. The van der Waals surface area contributed by atoms with Crippen LogP contribution in [-0.4, -0.2) is 39.2 Å². The summed E-state index contributed by atoms with van der Waals surface area (Å²) in [5, 5.41) is 3.50. The number of aliphatic imine (C=N–C) groups is 1. The molecule has 162 valence electrons. The molecule has 0 spiro atoms. The van der Waals surface area contributed by atoms with Crippen molar-refractivity contribution in [3.8, 4) is 0 Å². The second-order valence-corrected chi connectivity index (χ2v) is 9.56. The van der Waals surface area contributed by atoms with Crippen LogP contribution in [0.5, 0.6) is 0 Å². The van der Waals surface area contributed by atoms with Gasteiger partial charge in [0.2, 0.25) is 0 Å². The molecule has 0 radical (unpaired) electrons. The zero-order valence-electron chi connectivity index (χ0n) is 19.1. The van der Waals surface area contributed by atoms with Gasteiger partial charge in [-0.15, -0.1) is 0 Å². The lowest BCUT2D eigenvalue weighted by molar-refractivity contribution is -0.128. The van der Waals surface area contributed by atoms with Gasteiger partial charge in [-0.3, -0.25) is 4.79 Å². The Labute approximate surface area is 180 Å². The van der Waals surface area contributed by atoms with Gasteiger partial charge in [0.25, 0.3) is 5.91 Å². The number of hydrogen-bond donors (Lipinski definition) is 1. The Hall–Kier alpha value is -2.37. The van der Waals surface area contributed by atoms with Crippen molar-refractivity contribution in [2.45, 2.75) is 91.3 Å². The van der Waals surface area contributed by atoms with Gasteiger partial charge in [-0.25, -0.2) is 9.98 Å². The van der Waals surface area contributed by atoms with Crippen LogP contribution in [0.3, 0.4) is 0 Å². The molecule has 0 aromatic carbocycles. The fourth-order valence-electron chi connectivity index (χ4n) is 4.45. The van der Waals surface area contributed by atoms with Gasteiger partial charge in [0.15, 0.2) is 0 Å². The van der Waals surface area contributed by atoms with Gasteiger partial charge in [0, 0.05) is 35.7 Å². The molecule has 0 saturated heterocycles. The van der Waals surface area contributed by atoms with Gasteiger partial charge in [-0.05, 0) is 66.5 Å². The molecule has 0 bridgehead atoms. The first-order valence-corrected chi connectivity index (χ1v) is 11.3. The topological polar surface area (TPSA) is 62.5 Å². The predicted molar refractivity (Wildman–Crippen MR) is 120 cm³/mol. The second kappa shape index (κ2) is 7.71. The number of aryl methyl sites for hydroxylation is 1. The number of imidazole rings is 1. The number of nitrogens with zero attached hydrogens (tertiary/aromatic N) is 4. The Morgan fingerprint density at radius 1 is 1.27 bits per heavy atom. The molecule has 4 rings (SSSR count). The Kier molecular flexibility index (Phi) is 5.37. The number of fused-ring (bicyclic) bond motifs is 1. The Bertz CT molecular complexity index is 939. The van der Waals surface area contributed by atoms with E-state index in [0.29, 0.717) is 12.5 Å². The largest absolute Gasteiger partial charge is 0.365 e. The van der Waals surface area contributed by atoms with E-state index in [1.165, 1.54) is 24.4 Å². The highest BCUT2D eigenvalue weighted by Crippen LogP contribution is 2.41. The summed E-state index contributed by atoms with van der Waals surface area (Å²) in [6, 6.07) is 0. The Balaban J connectivity index is 1.61. The van der Waals surface area contributed by atoms with Crippen molar-refractivity contribution in [2.24, 2.45) is 4.99 Å². The lowest BCUT2D eigenvalue weighted by Gasteiger charge is -2.31. The van der Waals surface area contributed by atoms with Gasteiger partial charge < -0.3 is 14.8 Å². The first-order chi connectivity index (χ1) is 14.3. The first kappa shape index (κ1) is 20.9. The van der Waals surface area contributed by atoms with Crippen LogP contribution >= 0.6 is 0 Å². The molecule has 3 aliphatic rings. The summed E-state index contributed by atoms with van der Waals surface area (Å²) in [4.78, 5) is 24.8. The first-order valence-electron chi connectivity index (χ1n) is 11.3. The minimum absolute atomic E-state index is 0.0823. The molecule has 0 atom stereocenters. The molecule has 1 aromatic heterocycles. The number of aromatic nitrogens is 2. The van der Waals surface area contributed by atoms with E-state index in [4.69, 9.17) is 4.98 Å². The minimum atomic E-state index is 0.0823. The lowest BCUT2D eigenvalue weighted by atomic mass is 10.00. The fourth-order valence-corrected chi connectivity index (χ4v) is 4.45. The van der Waals surface area contributed by atoms with Crippen molar-refractivity contribution in [2.75, 3.05) is 6.54 Å². The van der Waals surface area contributed by atoms with Crippen LogP contribution in [0.25, 0.3) is 0 Å². The van der Waals surface area contributed by atoms with Crippen LogP contribution < -0.4 is 5.32 Å². The summed E-state index contributed by atoms with van der Waals surface area (Å²) in [6.45, 7) is 16.3. The lowest BCUT2D eigenvalue weighted by Crippen LogP contribution is -2.40. The highest BCUT2D eigenvalue weighted by atomic mass is 16.2. The quantitative estimate of drug-likeness (QED) is 0.419. The molecule has 0 unspecified atom stereocenters. The smallest absolute Gasteiger partial charge is 0.254 e. The molecule has 30 heavy (non-hydrogen) atoms. The van der Waals surface area contributed by atoms with E-state index in [0.717, 1.165) is 60.6 Å². The molecule has 1 aromatic rings. The van der Waals surface area contributed by atoms with Gasteiger partial charge in [-0.1, -0.05) is 12.5 Å². The summed E-state index contributed by atoms with van der Waals surface area (Å²) in [6.07, 6.45) is 5.65. The molecule has 2 heterocycles. The summed E-state index contributed by atoms with van der Waals surface area (Å²) in [7, 11) is 0. The third kappa shape index (κ3) is 3.84. The van der Waals surface area contributed by atoms with Crippen molar-refractivity contribution in [1.29, 1.82) is 0 Å². The molecule has 1 N–H and O–H groups in total. The normalized spacial score (nSPS) is 20.2. The molecule has 1 aliphatic heterocycles. The highest BCUT2D eigenvalue weighted by molar-refractivity contribution is 5.98. The van der Waals surface area contributed by atoms with Gasteiger partial charge >= 0.3 is 0 Å². The summed E-state index contributed by atoms with van der Waals surface area (Å²) >= 11 is 0. The van der Waals surface area contributed by atoms with E-state index in [1.807, 2.05) is 25.7 Å². The molecule has 6 nitrogen and oxygen atoms in total. The summed E-state index contributed by atoms with van der Waals surface area (Å²) in [5.74, 6) is 2.68. The van der Waals surface area contributed by atoms with Crippen molar-refractivity contribution < 1.29 is 4.79 Å². The van der Waals surface area contributed by atoms with Gasteiger partial charge in [-0.2, -0.15) is 0 Å². The van der Waals surface area contributed by atoms with Crippen molar-refractivity contribution in [1.82, 2.24) is 19.8 Å². The van der Waals surface area contributed by atoms with Crippen molar-refractivity contribution in [3.05, 3.63) is 39.8 Å². The molecular formula is C24H35N5O. The second-order valence-electron chi connectivity index (χ2n) is 9.56. The van der Waals surface area contributed by atoms with E-state index in [-0.39, 0.29) is 11.4 Å². The van der Waals surface area contributed by atoms with E-state index < -0.39 is 0 Å². The average molecular weight is 410 g/mol. The fraction of sp³-hybridized carbons (Fsp3) is 0.625. The van der Waals surface area contributed by atoms with E-state index >= 15 is 0 Å². The number of hydrogen-bond acceptors (Lipinski definition) is 4. The minimum Gasteiger partial charge on any atom is -0.365 e. The molecule has 2 saturated carbocycles. The van der Waals surface area contributed by atoms with E-state index in [9.17, 15) is 4.79 Å². The zero-order chi connectivity index (χ0) is 21.6. The van der Waals surface area contributed by atoms with Gasteiger partial charge in [0.05, 0.1) is 17.9 Å². The van der Waals surface area contributed by atoms with Crippen LogP contribution in [-0.2, 0) is 24.3 Å². The van der Waals surface area contributed by atoms with Crippen LogP contribution in [0, 0.1) is 0 Å². The van der Waals surface area contributed by atoms with Crippen molar-refractivity contribution >= 4 is 12.6 Å². The van der Waals surface area contributed by atoms with Crippen LogP contribution in [0.4, 0.5) is 0 Å². The molecule has 6 heteroatoms. The third-order valence-electron chi connectivity index (χ3n) is 6.71. The molecule has 2 fully saturated rings. The number of amides is 1. The Morgan fingerprint density at radius 2 is 1.97 bits per heavy atom. The van der Waals surface area contributed by atoms with Crippen molar-refractivity contribution in [3.63, 3.8) is 0 Å². The molecular weight excluding hydrogens is 374 g/mol.